The summed E-state index contributed by atoms with van der Waals surface area (Å²) in [5.41, 5.74) is 0.787. The summed E-state index contributed by atoms with van der Waals surface area (Å²) in [6.45, 7) is 4.01. The second kappa shape index (κ2) is 8.50. The van der Waals surface area contributed by atoms with Crippen LogP contribution in [0.15, 0.2) is 24.3 Å². The van der Waals surface area contributed by atoms with Crippen LogP contribution in [0.3, 0.4) is 0 Å². The minimum absolute atomic E-state index is 0.103. The maximum absolute atomic E-state index is 13.8. The average Bonchev–Trinajstić information content (AvgIpc) is 2.76. The van der Waals surface area contributed by atoms with Gasteiger partial charge in [-0.15, -0.1) is 0 Å². The smallest absolute Gasteiger partial charge is 0.127 e. The highest BCUT2D eigenvalue weighted by molar-refractivity contribution is 5.20. The lowest BCUT2D eigenvalue weighted by Gasteiger charge is -2.26. The SMILES string of the molecule is CC(c1ccccc1F)N(C)CCNC1CCCCCC1. The highest BCUT2D eigenvalue weighted by Crippen LogP contribution is 2.21. The van der Waals surface area contributed by atoms with Gasteiger partial charge in [-0.05, 0) is 32.9 Å². The van der Waals surface area contributed by atoms with Gasteiger partial charge in [0.1, 0.15) is 5.82 Å². The summed E-state index contributed by atoms with van der Waals surface area (Å²) in [7, 11) is 2.08. The van der Waals surface area contributed by atoms with Crippen LogP contribution in [0.2, 0.25) is 0 Å². The third-order valence-electron chi connectivity index (χ3n) is 4.77. The van der Waals surface area contributed by atoms with Crippen molar-refractivity contribution in [1.29, 1.82) is 0 Å². The summed E-state index contributed by atoms with van der Waals surface area (Å²) in [6.07, 6.45) is 8.13. The molecule has 0 radical (unpaired) electrons. The van der Waals surface area contributed by atoms with Crippen molar-refractivity contribution in [2.24, 2.45) is 0 Å². The molecule has 1 aliphatic rings. The zero-order valence-corrected chi connectivity index (χ0v) is 13.4. The molecule has 0 heterocycles. The summed E-state index contributed by atoms with van der Waals surface area (Å²) in [5.74, 6) is -0.103. The van der Waals surface area contributed by atoms with E-state index in [1.807, 2.05) is 12.1 Å². The molecule has 1 fully saturated rings. The maximum atomic E-state index is 13.8. The lowest BCUT2D eigenvalue weighted by molar-refractivity contribution is 0.250. The van der Waals surface area contributed by atoms with Gasteiger partial charge in [0.2, 0.25) is 0 Å². The zero-order chi connectivity index (χ0) is 15.1. The maximum Gasteiger partial charge on any atom is 0.127 e. The molecule has 0 aromatic heterocycles. The molecule has 1 aromatic carbocycles. The Bertz CT molecular complexity index is 413. The van der Waals surface area contributed by atoms with Crippen LogP contribution in [0, 0.1) is 5.82 Å². The lowest BCUT2D eigenvalue weighted by atomic mass is 10.1. The summed E-state index contributed by atoms with van der Waals surface area (Å²) >= 11 is 0. The first-order chi connectivity index (χ1) is 10.2. The molecular weight excluding hydrogens is 263 g/mol. The van der Waals surface area contributed by atoms with Gasteiger partial charge >= 0.3 is 0 Å². The van der Waals surface area contributed by atoms with Crippen LogP contribution >= 0.6 is 0 Å². The van der Waals surface area contributed by atoms with E-state index in [0.29, 0.717) is 6.04 Å². The predicted octanol–water partition coefficient (Wildman–Crippen LogP) is 4.13. The predicted molar refractivity (Wildman–Crippen MR) is 86.9 cm³/mol. The number of benzene rings is 1. The fourth-order valence-electron chi connectivity index (χ4n) is 3.17. The molecule has 1 atom stereocenters. The Labute approximate surface area is 128 Å². The lowest BCUT2D eigenvalue weighted by Crippen LogP contribution is -2.36. The van der Waals surface area contributed by atoms with Gasteiger partial charge in [-0.3, -0.25) is 4.90 Å². The van der Waals surface area contributed by atoms with E-state index in [0.717, 1.165) is 18.7 Å². The first kappa shape index (κ1) is 16.4. The number of hydrogen-bond acceptors (Lipinski definition) is 2. The van der Waals surface area contributed by atoms with E-state index in [1.54, 1.807) is 12.1 Å². The van der Waals surface area contributed by atoms with E-state index in [-0.39, 0.29) is 11.9 Å². The molecule has 0 spiro atoms. The average molecular weight is 292 g/mol. The summed E-state index contributed by atoms with van der Waals surface area (Å²) < 4.78 is 13.8. The highest BCUT2D eigenvalue weighted by Gasteiger charge is 2.16. The first-order valence-corrected chi connectivity index (χ1v) is 8.36. The number of likely N-dealkylation sites (N-methyl/N-ethyl adjacent to an activating group) is 1. The van der Waals surface area contributed by atoms with Crippen molar-refractivity contribution < 1.29 is 4.39 Å². The summed E-state index contributed by atoms with van der Waals surface area (Å²) in [5, 5.41) is 3.68. The molecule has 1 unspecified atom stereocenters. The fraction of sp³-hybridized carbons (Fsp3) is 0.667. The van der Waals surface area contributed by atoms with Crippen LogP contribution in [0.1, 0.15) is 57.1 Å². The van der Waals surface area contributed by atoms with Crippen LogP contribution in [0.25, 0.3) is 0 Å². The van der Waals surface area contributed by atoms with E-state index in [2.05, 4.69) is 24.2 Å². The van der Waals surface area contributed by atoms with E-state index in [4.69, 9.17) is 0 Å². The van der Waals surface area contributed by atoms with E-state index >= 15 is 0 Å². The van der Waals surface area contributed by atoms with E-state index in [9.17, 15) is 4.39 Å². The van der Waals surface area contributed by atoms with Gasteiger partial charge < -0.3 is 5.32 Å². The van der Waals surface area contributed by atoms with Crippen molar-refractivity contribution in [3.63, 3.8) is 0 Å². The number of nitrogens with one attached hydrogen (secondary N) is 1. The van der Waals surface area contributed by atoms with Gasteiger partial charge in [0.15, 0.2) is 0 Å². The molecule has 1 aliphatic carbocycles. The quantitative estimate of drug-likeness (QED) is 0.793. The molecule has 118 valence electrons. The van der Waals surface area contributed by atoms with Crippen LogP contribution in [-0.2, 0) is 0 Å². The fourth-order valence-corrected chi connectivity index (χ4v) is 3.17. The van der Waals surface area contributed by atoms with Crippen molar-refractivity contribution >= 4 is 0 Å². The third kappa shape index (κ3) is 5.08. The van der Waals surface area contributed by atoms with Gasteiger partial charge in [-0.2, -0.15) is 0 Å². The molecular formula is C18H29FN2. The largest absolute Gasteiger partial charge is 0.313 e. The normalized spacial score (nSPS) is 18.7. The molecule has 1 aromatic rings. The minimum Gasteiger partial charge on any atom is -0.313 e. The molecule has 2 nitrogen and oxygen atoms in total. The Balaban J connectivity index is 1.76. The van der Waals surface area contributed by atoms with Crippen molar-refractivity contribution in [2.75, 3.05) is 20.1 Å². The Morgan fingerprint density at radius 2 is 1.86 bits per heavy atom. The van der Waals surface area contributed by atoms with Crippen molar-refractivity contribution in [1.82, 2.24) is 10.2 Å². The van der Waals surface area contributed by atoms with Crippen LogP contribution in [0.4, 0.5) is 4.39 Å². The van der Waals surface area contributed by atoms with Crippen LogP contribution < -0.4 is 5.32 Å². The Morgan fingerprint density at radius 1 is 1.19 bits per heavy atom. The third-order valence-corrected chi connectivity index (χ3v) is 4.77. The van der Waals surface area contributed by atoms with Gasteiger partial charge in [-0.25, -0.2) is 4.39 Å². The molecule has 2 rings (SSSR count). The Morgan fingerprint density at radius 3 is 2.52 bits per heavy atom. The molecule has 0 amide bonds. The van der Waals surface area contributed by atoms with E-state index in [1.165, 1.54) is 38.5 Å². The monoisotopic (exact) mass is 292 g/mol. The molecule has 0 bridgehead atoms. The Hall–Kier alpha value is -0.930. The molecule has 1 saturated carbocycles. The number of halogens is 1. The Kier molecular flexibility index (Phi) is 6.65. The van der Waals surface area contributed by atoms with Gasteiger partial charge in [0, 0.05) is 30.7 Å². The molecule has 21 heavy (non-hydrogen) atoms. The highest BCUT2D eigenvalue weighted by atomic mass is 19.1. The van der Waals surface area contributed by atoms with Crippen molar-refractivity contribution in [3.8, 4) is 0 Å². The number of hydrogen-bond donors (Lipinski definition) is 1. The number of rotatable bonds is 6. The molecule has 0 aliphatic heterocycles. The van der Waals surface area contributed by atoms with Crippen LogP contribution in [0.5, 0.6) is 0 Å². The van der Waals surface area contributed by atoms with Crippen molar-refractivity contribution in [3.05, 3.63) is 35.6 Å². The second-order valence-electron chi connectivity index (χ2n) is 6.32. The topological polar surface area (TPSA) is 15.3 Å². The standard InChI is InChI=1S/C18H29FN2/c1-15(17-11-7-8-12-18(17)19)21(2)14-13-20-16-9-5-3-4-6-10-16/h7-8,11-12,15-16,20H,3-6,9-10,13-14H2,1-2H3. The molecule has 0 saturated heterocycles. The van der Waals surface area contributed by atoms with Crippen molar-refractivity contribution in [2.45, 2.75) is 57.5 Å². The van der Waals surface area contributed by atoms with Gasteiger partial charge in [0.05, 0.1) is 0 Å². The molecule has 1 N–H and O–H groups in total. The van der Waals surface area contributed by atoms with E-state index < -0.39 is 0 Å². The first-order valence-electron chi connectivity index (χ1n) is 8.36. The van der Waals surface area contributed by atoms with Gasteiger partial charge in [-0.1, -0.05) is 43.9 Å². The summed E-state index contributed by atoms with van der Waals surface area (Å²) in [4.78, 5) is 2.22. The summed E-state index contributed by atoms with van der Waals surface area (Å²) in [6, 6.07) is 7.89. The second-order valence-corrected chi connectivity index (χ2v) is 6.32. The zero-order valence-electron chi connectivity index (χ0n) is 13.4. The van der Waals surface area contributed by atoms with Crippen LogP contribution in [-0.4, -0.2) is 31.1 Å². The minimum atomic E-state index is -0.103. The van der Waals surface area contributed by atoms with Gasteiger partial charge in [0.25, 0.3) is 0 Å². The number of nitrogens with zero attached hydrogens (tertiary/aromatic N) is 1. The molecule has 3 heteroatoms.